The van der Waals surface area contributed by atoms with Gasteiger partial charge in [0.2, 0.25) is 0 Å². The maximum absolute atomic E-state index is 10.2. The zero-order chi connectivity index (χ0) is 16.1. The second kappa shape index (κ2) is 6.98. The predicted molar refractivity (Wildman–Crippen MR) is 90.4 cm³/mol. The van der Waals surface area contributed by atoms with Gasteiger partial charge in [0.25, 0.3) is 0 Å². The lowest BCUT2D eigenvalue weighted by Crippen LogP contribution is -2.21. The predicted octanol–water partition coefficient (Wildman–Crippen LogP) is 3.06. The first-order valence-corrected chi connectivity index (χ1v) is 7.41. The summed E-state index contributed by atoms with van der Waals surface area (Å²) >= 11 is 0. The number of aromatic amines is 1. The molecule has 0 aliphatic rings. The van der Waals surface area contributed by atoms with Crippen LogP contribution in [0.3, 0.4) is 0 Å². The van der Waals surface area contributed by atoms with Crippen LogP contribution >= 0.6 is 0 Å². The van der Waals surface area contributed by atoms with E-state index in [4.69, 9.17) is 4.74 Å². The first kappa shape index (κ1) is 15.1. The van der Waals surface area contributed by atoms with Crippen molar-refractivity contribution >= 4 is 5.69 Å². The number of nitrogens with one attached hydrogen (secondary N) is 2. The molecule has 5 heteroatoms. The van der Waals surface area contributed by atoms with E-state index < -0.39 is 6.23 Å². The van der Waals surface area contributed by atoms with Crippen molar-refractivity contribution in [3.63, 3.8) is 0 Å². The Morgan fingerprint density at radius 2 is 2.00 bits per heavy atom. The van der Waals surface area contributed by atoms with Crippen molar-refractivity contribution in [2.75, 3.05) is 12.4 Å². The zero-order valence-corrected chi connectivity index (χ0v) is 12.9. The van der Waals surface area contributed by atoms with Gasteiger partial charge in [-0.25, -0.2) is 0 Å². The fraction of sp³-hybridized carbons (Fsp3) is 0.167. The minimum atomic E-state index is -0.665. The van der Waals surface area contributed by atoms with Crippen LogP contribution in [-0.2, 0) is 6.42 Å². The van der Waals surface area contributed by atoms with Crippen LogP contribution in [-0.4, -0.2) is 28.6 Å². The smallest absolute Gasteiger partial charge is 0.128 e. The fourth-order valence-corrected chi connectivity index (χ4v) is 2.43. The molecule has 2 aromatic carbocycles. The van der Waals surface area contributed by atoms with Gasteiger partial charge in [-0.2, -0.15) is 5.10 Å². The summed E-state index contributed by atoms with van der Waals surface area (Å²) in [6.07, 6.45) is 3.46. The third-order valence-corrected chi connectivity index (χ3v) is 3.61. The lowest BCUT2D eigenvalue weighted by Gasteiger charge is -2.15. The molecule has 0 aliphatic carbocycles. The molecule has 1 unspecified atom stereocenters. The van der Waals surface area contributed by atoms with Gasteiger partial charge in [-0.1, -0.05) is 24.3 Å². The molecule has 118 valence electrons. The number of ether oxygens (including phenoxy) is 1. The van der Waals surface area contributed by atoms with Crippen molar-refractivity contribution in [1.82, 2.24) is 10.2 Å². The van der Waals surface area contributed by atoms with Gasteiger partial charge in [0.05, 0.1) is 13.3 Å². The molecule has 3 N–H and O–H groups in total. The standard InChI is InChI=1S/C18H19N3O2/c1-23-17-4-2-3-13(9-17)10-18(22)21-16-7-5-14(6-8-16)15-11-19-20-12-15/h2-9,11-12,18,21-22H,10H2,1H3,(H,19,20). The number of nitrogens with zero attached hydrogens (tertiary/aromatic N) is 1. The summed E-state index contributed by atoms with van der Waals surface area (Å²) in [5.41, 5.74) is 3.99. The molecule has 3 aromatic rings. The Morgan fingerprint density at radius 3 is 2.70 bits per heavy atom. The summed E-state index contributed by atoms with van der Waals surface area (Å²) in [6.45, 7) is 0. The van der Waals surface area contributed by atoms with Crippen LogP contribution in [0.5, 0.6) is 5.75 Å². The zero-order valence-electron chi connectivity index (χ0n) is 12.9. The highest BCUT2D eigenvalue weighted by Crippen LogP contribution is 2.21. The van der Waals surface area contributed by atoms with Crippen molar-refractivity contribution < 1.29 is 9.84 Å². The molecule has 0 radical (unpaired) electrons. The number of aromatic nitrogens is 2. The topological polar surface area (TPSA) is 70.2 Å². The lowest BCUT2D eigenvalue weighted by atomic mass is 10.1. The van der Waals surface area contributed by atoms with E-state index in [-0.39, 0.29) is 0 Å². The molecule has 0 saturated heterocycles. The molecule has 5 nitrogen and oxygen atoms in total. The van der Waals surface area contributed by atoms with Crippen LogP contribution in [0.2, 0.25) is 0 Å². The van der Waals surface area contributed by atoms with Crippen LogP contribution in [0.15, 0.2) is 60.9 Å². The normalized spacial score (nSPS) is 11.9. The number of rotatable bonds is 6. The molecule has 0 spiro atoms. The molecule has 0 saturated carbocycles. The van der Waals surface area contributed by atoms with Crippen molar-refractivity contribution in [2.45, 2.75) is 12.6 Å². The fourth-order valence-electron chi connectivity index (χ4n) is 2.43. The number of hydrogen-bond donors (Lipinski definition) is 3. The second-order valence-electron chi connectivity index (χ2n) is 5.28. The molecular formula is C18H19N3O2. The molecule has 3 rings (SSSR count). The highest BCUT2D eigenvalue weighted by molar-refractivity contribution is 5.64. The lowest BCUT2D eigenvalue weighted by molar-refractivity contribution is 0.204. The van der Waals surface area contributed by atoms with Gasteiger partial charge in [-0.05, 0) is 35.4 Å². The minimum Gasteiger partial charge on any atom is -0.497 e. The molecular weight excluding hydrogens is 290 g/mol. The molecule has 0 aliphatic heterocycles. The van der Waals surface area contributed by atoms with Crippen LogP contribution in [0.4, 0.5) is 5.69 Å². The summed E-state index contributed by atoms with van der Waals surface area (Å²) in [7, 11) is 1.63. The summed E-state index contributed by atoms with van der Waals surface area (Å²) in [5, 5.41) is 20.0. The molecule has 1 aromatic heterocycles. The third kappa shape index (κ3) is 3.90. The van der Waals surface area contributed by atoms with Gasteiger partial charge in [0, 0.05) is 23.9 Å². The number of aliphatic hydroxyl groups excluding tert-OH is 1. The molecule has 1 heterocycles. The van der Waals surface area contributed by atoms with Crippen molar-refractivity contribution in [3.05, 3.63) is 66.5 Å². The number of hydrogen-bond acceptors (Lipinski definition) is 4. The monoisotopic (exact) mass is 309 g/mol. The maximum atomic E-state index is 10.2. The van der Waals surface area contributed by atoms with Crippen LogP contribution in [0.1, 0.15) is 5.56 Å². The van der Waals surface area contributed by atoms with Gasteiger partial charge < -0.3 is 15.2 Å². The number of benzene rings is 2. The van der Waals surface area contributed by atoms with Crippen LogP contribution in [0.25, 0.3) is 11.1 Å². The Hall–Kier alpha value is -2.79. The molecule has 1 atom stereocenters. The largest absolute Gasteiger partial charge is 0.497 e. The van der Waals surface area contributed by atoms with Crippen molar-refractivity contribution in [2.24, 2.45) is 0 Å². The van der Waals surface area contributed by atoms with E-state index >= 15 is 0 Å². The Kier molecular flexibility index (Phi) is 4.59. The van der Waals surface area contributed by atoms with E-state index in [9.17, 15) is 5.11 Å². The number of aliphatic hydroxyl groups is 1. The highest BCUT2D eigenvalue weighted by Gasteiger charge is 2.07. The Bertz CT molecular complexity index is 739. The summed E-state index contributed by atoms with van der Waals surface area (Å²) < 4.78 is 5.19. The minimum absolute atomic E-state index is 0.501. The summed E-state index contributed by atoms with van der Waals surface area (Å²) in [6, 6.07) is 15.6. The molecule has 0 fully saturated rings. The molecule has 23 heavy (non-hydrogen) atoms. The summed E-state index contributed by atoms with van der Waals surface area (Å²) in [5.74, 6) is 0.791. The number of anilines is 1. The second-order valence-corrected chi connectivity index (χ2v) is 5.28. The van der Waals surface area contributed by atoms with Crippen LogP contribution < -0.4 is 10.1 Å². The SMILES string of the molecule is COc1cccc(CC(O)Nc2ccc(-c3cn[nH]c3)cc2)c1. The average Bonchev–Trinajstić information content (AvgIpc) is 3.10. The Morgan fingerprint density at radius 1 is 1.17 bits per heavy atom. The van der Waals surface area contributed by atoms with Crippen LogP contribution in [0, 0.1) is 0 Å². The Balaban J connectivity index is 1.62. The van der Waals surface area contributed by atoms with Gasteiger partial charge in [0.15, 0.2) is 0 Å². The third-order valence-electron chi connectivity index (χ3n) is 3.61. The number of methoxy groups -OCH3 is 1. The summed E-state index contributed by atoms with van der Waals surface area (Å²) in [4.78, 5) is 0. The number of H-pyrrole nitrogens is 1. The van der Waals surface area contributed by atoms with E-state index in [0.29, 0.717) is 6.42 Å². The average molecular weight is 309 g/mol. The first-order valence-electron chi connectivity index (χ1n) is 7.41. The van der Waals surface area contributed by atoms with Gasteiger partial charge >= 0.3 is 0 Å². The van der Waals surface area contributed by atoms with E-state index in [1.165, 1.54) is 0 Å². The van der Waals surface area contributed by atoms with Gasteiger partial charge in [0.1, 0.15) is 12.0 Å². The van der Waals surface area contributed by atoms with Crippen molar-refractivity contribution in [3.8, 4) is 16.9 Å². The molecule has 0 bridgehead atoms. The Labute approximate surface area is 134 Å². The van der Waals surface area contributed by atoms with Gasteiger partial charge in [-0.3, -0.25) is 5.10 Å². The van der Waals surface area contributed by atoms with E-state index in [1.54, 1.807) is 13.3 Å². The highest BCUT2D eigenvalue weighted by atomic mass is 16.5. The maximum Gasteiger partial charge on any atom is 0.128 e. The van der Waals surface area contributed by atoms with E-state index in [0.717, 1.165) is 28.1 Å². The van der Waals surface area contributed by atoms with Crippen molar-refractivity contribution in [1.29, 1.82) is 0 Å². The van der Waals surface area contributed by atoms with E-state index in [1.807, 2.05) is 54.7 Å². The molecule has 0 amide bonds. The first-order chi connectivity index (χ1) is 11.2. The van der Waals surface area contributed by atoms with Gasteiger partial charge in [-0.15, -0.1) is 0 Å². The van der Waals surface area contributed by atoms with E-state index in [2.05, 4.69) is 15.5 Å². The quantitative estimate of drug-likeness (QED) is 0.612.